The SMILES string of the molecule is N#CCNC(=O)C(Br)CCBr. The van der Waals surface area contributed by atoms with Crippen LogP contribution in [-0.2, 0) is 4.79 Å². The minimum atomic E-state index is -0.199. The van der Waals surface area contributed by atoms with Gasteiger partial charge < -0.3 is 5.32 Å². The summed E-state index contributed by atoms with van der Waals surface area (Å²) in [5, 5.41) is 11.4. The van der Waals surface area contributed by atoms with E-state index in [0.29, 0.717) is 0 Å². The molecule has 0 heterocycles. The van der Waals surface area contributed by atoms with Crippen molar-refractivity contribution in [2.75, 3.05) is 11.9 Å². The summed E-state index contributed by atoms with van der Waals surface area (Å²) < 4.78 is 0. The van der Waals surface area contributed by atoms with Gasteiger partial charge in [0.2, 0.25) is 5.91 Å². The van der Waals surface area contributed by atoms with Crippen molar-refractivity contribution in [1.29, 1.82) is 5.26 Å². The number of carbonyl (C=O) groups excluding carboxylic acids is 1. The Balaban J connectivity index is 3.57. The van der Waals surface area contributed by atoms with Crippen molar-refractivity contribution in [3.05, 3.63) is 0 Å². The van der Waals surface area contributed by atoms with E-state index < -0.39 is 0 Å². The molecule has 1 atom stereocenters. The van der Waals surface area contributed by atoms with Crippen molar-refractivity contribution in [2.24, 2.45) is 0 Å². The maximum atomic E-state index is 11.0. The summed E-state index contributed by atoms with van der Waals surface area (Å²) in [6.07, 6.45) is 0.720. The highest BCUT2D eigenvalue weighted by Crippen LogP contribution is 2.06. The molecule has 0 aliphatic heterocycles. The molecule has 1 amide bonds. The van der Waals surface area contributed by atoms with Crippen molar-refractivity contribution in [3.63, 3.8) is 0 Å². The smallest absolute Gasteiger partial charge is 0.234 e. The highest BCUT2D eigenvalue weighted by molar-refractivity contribution is 9.10. The van der Waals surface area contributed by atoms with Gasteiger partial charge in [-0.05, 0) is 6.42 Å². The second kappa shape index (κ2) is 6.62. The fourth-order valence-corrected chi connectivity index (χ4v) is 1.93. The van der Waals surface area contributed by atoms with Gasteiger partial charge in [0.15, 0.2) is 0 Å². The lowest BCUT2D eigenvalue weighted by atomic mass is 10.3. The zero-order valence-corrected chi connectivity index (χ0v) is 8.98. The summed E-state index contributed by atoms with van der Waals surface area (Å²) in [4.78, 5) is 10.8. The van der Waals surface area contributed by atoms with E-state index in [9.17, 15) is 4.79 Å². The summed E-state index contributed by atoms with van der Waals surface area (Å²) in [7, 11) is 0. The van der Waals surface area contributed by atoms with Crippen LogP contribution in [0.2, 0.25) is 0 Å². The minimum absolute atomic E-state index is 0.0726. The van der Waals surface area contributed by atoms with Crippen LogP contribution in [0.1, 0.15) is 6.42 Å². The molecule has 0 aromatic heterocycles. The van der Waals surface area contributed by atoms with E-state index in [4.69, 9.17) is 5.26 Å². The largest absolute Gasteiger partial charge is 0.342 e. The number of rotatable bonds is 4. The summed E-state index contributed by atoms with van der Waals surface area (Å²) in [6, 6.07) is 1.83. The fourth-order valence-electron chi connectivity index (χ4n) is 0.464. The van der Waals surface area contributed by atoms with Crippen LogP contribution < -0.4 is 5.32 Å². The van der Waals surface area contributed by atoms with Gasteiger partial charge in [0, 0.05) is 5.33 Å². The van der Waals surface area contributed by atoms with E-state index in [0.717, 1.165) is 11.8 Å². The molecule has 1 N–H and O–H groups in total. The van der Waals surface area contributed by atoms with Gasteiger partial charge in [0.1, 0.15) is 6.54 Å². The lowest BCUT2D eigenvalue weighted by molar-refractivity contribution is -0.120. The summed E-state index contributed by atoms with van der Waals surface area (Å²) in [5.74, 6) is -0.133. The third-order valence-corrected chi connectivity index (χ3v) is 2.32. The van der Waals surface area contributed by atoms with E-state index in [2.05, 4.69) is 37.2 Å². The van der Waals surface area contributed by atoms with Crippen LogP contribution in [0.3, 0.4) is 0 Å². The molecule has 0 aliphatic carbocycles. The third-order valence-electron chi connectivity index (χ3n) is 0.989. The molecular weight excluding hydrogens is 276 g/mol. The second-order valence-electron chi connectivity index (χ2n) is 1.82. The van der Waals surface area contributed by atoms with E-state index >= 15 is 0 Å². The number of halogens is 2. The molecule has 3 nitrogen and oxygen atoms in total. The molecule has 0 bridgehead atoms. The van der Waals surface area contributed by atoms with E-state index in [1.165, 1.54) is 0 Å². The average molecular weight is 284 g/mol. The predicted octanol–water partition coefficient (Wildman–Crippen LogP) is 1.17. The quantitative estimate of drug-likeness (QED) is 0.622. The number of alkyl halides is 2. The topological polar surface area (TPSA) is 52.9 Å². The zero-order chi connectivity index (χ0) is 8.69. The van der Waals surface area contributed by atoms with Gasteiger partial charge in [0.05, 0.1) is 10.9 Å². The molecule has 0 rings (SSSR count). The summed E-state index contributed by atoms with van der Waals surface area (Å²) in [6.45, 7) is 0.0726. The average Bonchev–Trinajstić information content (AvgIpc) is 2.00. The number of hydrogen-bond acceptors (Lipinski definition) is 2. The Labute approximate surface area is 82.4 Å². The van der Waals surface area contributed by atoms with Crippen molar-refractivity contribution < 1.29 is 4.79 Å². The fraction of sp³-hybridized carbons (Fsp3) is 0.667. The van der Waals surface area contributed by atoms with Crippen molar-refractivity contribution in [3.8, 4) is 6.07 Å². The maximum Gasteiger partial charge on any atom is 0.234 e. The van der Waals surface area contributed by atoms with Gasteiger partial charge in [-0.25, -0.2) is 0 Å². The first kappa shape index (κ1) is 10.9. The molecule has 5 heteroatoms. The number of nitrogens with zero attached hydrogens (tertiary/aromatic N) is 1. The molecule has 0 radical (unpaired) electrons. The first-order valence-corrected chi connectivity index (χ1v) is 5.10. The van der Waals surface area contributed by atoms with E-state index in [-0.39, 0.29) is 17.3 Å². The maximum absolute atomic E-state index is 11.0. The van der Waals surface area contributed by atoms with E-state index in [1.54, 1.807) is 0 Å². The minimum Gasteiger partial charge on any atom is -0.342 e. The molecule has 0 aromatic carbocycles. The van der Waals surface area contributed by atoms with Crippen LogP contribution in [0.15, 0.2) is 0 Å². The van der Waals surface area contributed by atoms with Gasteiger partial charge in [-0.2, -0.15) is 5.26 Å². The Morgan fingerprint density at radius 3 is 2.82 bits per heavy atom. The monoisotopic (exact) mass is 282 g/mol. The third kappa shape index (κ3) is 5.22. The number of nitriles is 1. The van der Waals surface area contributed by atoms with Crippen LogP contribution in [0.4, 0.5) is 0 Å². The molecule has 1 unspecified atom stereocenters. The summed E-state index contributed by atoms with van der Waals surface area (Å²) >= 11 is 6.39. The number of amides is 1. The van der Waals surface area contributed by atoms with Gasteiger partial charge in [-0.3, -0.25) is 4.79 Å². The second-order valence-corrected chi connectivity index (χ2v) is 3.72. The molecule has 0 aliphatic rings. The highest BCUT2D eigenvalue weighted by Gasteiger charge is 2.12. The molecule has 11 heavy (non-hydrogen) atoms. The highest BCUT2D eigenvalue weighted by atomic mass is 79.9. The Hall–Kier alpha value is -0.0800. The Bertz CT molecular complexity index is 166. The normalized spacial score (nSPS) is 11.7. The van der Waals surface area contributed by atoms with Crippen LogP contribution >= 0.6 is 31.9 Å². The molecule has 0 saturated heterocycles. The number of carbonyl (C=O) groups is 1. The Morgan fingerprint density at radius 1 is 1.73 bits per heavy atom. The van der Waals surface area contributed by atoms with Gasteiger partial charge in [0.25, 0.3) is 0 Å². The van der Waals surface area contributed by atoms with E-state index in [1.807, 2.05) is 6.07 Å². The van der Waals surface area contributed by atoms with Crippen molar-refractivity contribution >= 4 is 37.8 Å². The number of nitrogens with one attached hydrogen (secondary N) is 1. The van der Waals surface area contributed by atoms with Crippen LogP contribution in [-0.4, -0.2) is 22.6 Å². The zero-order valence-electron chi connectivity index (χ0n) is 5.81. The molecule has 0 fully saturated rings. The van der Waals surface area contributed by atoms with Crippen LogP contribution in [0.25, 0.3) is 0 Å². The lowest BCUT2D eigenvalue weighted by Gasteiger charge is -2.05. The first-order chi connectivity index (χ1) is 5.22. The molecule has 0 spiro atoms. The predicted molar refractivity (Wildman–Crippen MR) is 49.7 cm³/mol. The van der Waals surface area contributed by atoms with Gasteiger partial charge in [-0.15, -0.1) is 0 Å². The Kier molecular flexibility index (Phi) is 6.57. The standard InChI is InChI=1S/C6H8Br2N2O/c7-2-1-5(8)6(11)10-4-3-9/h5H,1-2,4H2,(H,10,11). The molecular formula is C6H8Br2N2O. The Morgan fingerprint density at radius 2 is 2.36 bits per heavy atom. The van der Waals surface area contributed by atoms with Crippen LogP contribution in [0.5, 0.6) is 0 Å². The molecule has 62 valence electrons. The first-order valence-electron chi connectivity index (χ1n) is 3.07. The van der Waals surface area contributed by atoms with Gasteiger partial charge >= 0.3 is 0 Å². The molecule has 0 aromatic rings. The number of hydrogen-bond donors (Lipinski definition) is 1. The molecule has 0 saturated carbocycles. The van der Waals surface area contributed by atoms with Gasteiger partial charge in [-0.1, -0.05) is 31.9 Å². The van der Waals surface area contributed by atoms with Crippen molar-refractivity contribution in [1.82, 2.24) is 5.32 Å². The van der Waals surface area contributed by atoms with Crippen LogP contribution in [0, 0.1) is 11.3 Å². The lowest BCUT2D eigenvalue weighted by Crippen LogP contribution is -2.31. The van der Waals surface area contributed by atoms with Crippen molar-refractivity contribution in [2.45, 2.75) is 11.2 Å². The summed E-state index contributed by atoms with van der Waals surface area (Å²) in [5.41, 5.74) is 0.